The summed E-state index contributed by atoms with van der Waals surface area (Å²) in [6, 6.07) is 30.0. The Hall–Kier alpha value is -13.6. The summed E-state index contributed by atoms with van der Waals surface area (Å²) in [6.45, 7) is 6.18. The number of pyridine rings is 3. The third kappa shape index (κ3) is 15.5. The first kappa shape index (κ1) is 89.0. The van der Waals surface area contributed by atoms with Crippen LogP contribution in [0.15, 0.2) is 160 Å². The number of morpholine rings is 6. The molecule has 17 heterocycles. The molecule has 3 amide bonds. The van der Waals surface area contributed by atoms with E-state index in [0.29, 0.717) is 108 Å². The number of halogens is 6. The first-order valence-electron chi connectivity index (χ1n) is 45.0. The van der Waals surface area contributed by atoms with Gasteiger partial charge in [-0.05, 0) is 53.1 Å². The van der Waals surface area contributed by atoms with Crippen LogP contribution in [0.25, 0.3) is 0 Å². The number of ether oxygens (including phenoxy) is 14. The molecular weight excluding hydrogens is 1790 g/mol. The van der Waals surface area contributed by atoms with E-state index in [0.717, 1.165) is 59.1 Å². The normalized spacial score (nSPS) is 23.5. The van der Waals surface area contributed by atoms with E-state index in [-0.39, 0.29) is 113 Å². The van der Waals surface area contributed by atoms with Crippen molar-refractivity contribution in [1.82, 2.24) is 28.7 Å². The van der Waals surface area contributed by atoms with Crippen molar-refractivity contribution in [3.8, 4) is 17.2 Å². The number of fused-ring (bicyclic) bond motifs is 21. The van der Waals surface area contributed by atoms with Gasteiger partial charge in [0, 0.05) is 152 Å². The Morgan fingerprint density at radius 1 is 0.316 bits per heavy atom. The molecule has 0 aliphatic carbocycles. The van der Waals surface area contributed by atoms with Crippen LogP contribution >= 0.6 is 0 Å². The molecule has 0 N–H and O–H groups in total. The standard InChI is InChI=1S/2C33H32F2N4O8.C29H26F2N4O7/c2*34-22-6-5-21-27(28(22)35)24-17-44-15-11-36(24)23-4-2-1-3-20(23)29(21)39-26-18-45-16-12-37(26)32(41)30-31(25(40)7-10-38(30)39)47-33(42)46-19-8-13-43-14-9-19;1-39-29(38)42-27-21(36)8-9-34-26(27)28(37)33-11-13-41-15-22(33)35(34)25-16-4-2-3-5-19(16)32-10-12-40-14-20(32)23-17(25)6-7-18(30)24(23)31/h2*1-7,10,19,24,26,29H,8-9,11-18H2;2-9,20,22,25H,10-15H2,1H3/t24?,26-,29-;;/m1../s1. The Morgan fingerprint density at radius 3 is 0.897 bits per heavy atom. The van der Waals surface area contributed by atoms with Gasteiger partial charge in [0.1, 0.15) is 48.8 Å². The van der Waals surface area contributed by atoms with Crippen molar-refractivity contribution < 1.29 is 121 Å². The molecule has 8 saturated heterocycles. The maximum Gasteiger partial charge on any atom is 0.514 e. The van der Waals surface area contributed by atoms with Gasteiger partial charge in [-0.15, -0.1) is 0 Å². The molecule has 23 rings (SSSR count). The first-order valence-corrected chi connectivity index (χ1v) is 45.0. The molecule has 14 aliphatic heterocycles. The smallest absolute Gasteiger partial charge is 0.437 e. The number of carbonyl (C=O) groups excluding carboxylic acids is 6. The molecule has 8 fully saturated rings. The van der Waals surface area contributed by atoms with E-state index in [4.69, 9.17) is 61.6 Å². The molecule has 7 unspecified atom stereocenters. The number of hydrogen-bond acceptors (Lipinski definition) is 29. The van der Waals surface area contributed by atoms with E-state index in [2.05, 4.69) is 4.74 Å². The van der Waals surface area contributed by atoms with Gasteiger partial charge < -0.3 is 95.7 Å². The molecule has 9 atom stereocenters. The number of rotatable bonds is 8. The highest BCUT2D eigenvalue weighted by atomic mass is 19.2. The SMILES string of the molecule is COC(=O)Oc1c2n(ccc1=O)N(C1c3ccccc3N3CCOCC3c3c1ccc(F)c3F)C1COCCN1C2=O.O=C(Oc1c2n(ccc1=O)N(C1c3ccccc3N3CCOCC3c3c1ccc(F)c3F)C1COCCN1C2=O)OC1CCOCC1.O=C(Oc1c2n(ccc1=O)N([C@@H]1c3ccccc3N3CCOCC3c3c1ccc(F)c3F)[C@@H]1COCCN1C2=O)OC1CCOCC1. The Kier molecular flexibility index (Phi) is 24.2. The van der Waals surface area contributed by atoms with Gasteiger partial charge in [-0.2, -0.15) is 0 Å². The van der Waals surface area contributed by atoms with Crippen LogP contribution in [-0.4, -0.2) is 248 Å². The molecular formula is C95H90F6N12O23. The number of methoxy groups -OCH3 is 1. The van der Waals surface area contributed by atoms with Crippen LogP contribution in [-0.2, 0) is 52.1 Å². The lowest BCUT2D eigenvalue weighted by Crippen LogP contribution is -2.66. The third-order valence-corrected chi connectivity index (χ3v) is 27.2. The van der Waals surface area contributed by atoms with Crippen molar-refractivity contribution in [2.45, 2.75) is 92.6 Å². The van der Waals surface area contributed by atoms with Gasteiger partial charge in [0.2, 0.25) is 33.5 Å². The van der Waals surface area contributed by atoms with Crippen LogP contribution in [0, 0.1) is 34.9 Å². The van der Waals surface area contributed by atoms with E-state index in [1.54, 1.807) is 33.0 Å². The van der Waals surface area contributed by atoms with Gasteiger partial charge in [0.15, 0.2) is 52.0 Å². The van der Waals surface area contributed by atoms with Crippen LogP contribution in [0.3, 0.4) is 0 Å². The number of hydrogen-bond donors (Lipinski definition) is 0. The van der Waals surface area contributed by atoms with E-state index >= 15 is 22.0 Å². The van der Waals surface area contributed by atoms with Crippen molar-refractivity contribution >= 4 is 53.2 Å². The summed E-state index contributed by atoms with van der Waals surface area (Å²) in [5.74, 6) is -9.00. The largest absolute Gasteiger partial charge is 0.514 e. The average molecular weight is 1880 g/mol. The summed E-state index contributed by atoms with van der Waals surface area (Å²) in [5.41, 5.74) is 3.81. The molecule has 0 spiro atoms. The third-order valence-electron chi connectivity index (χ3n) is 27.2. The number of anilines is 3. The summed E-state index contributed by atoms with van der Waals surface area (Å²) in [7, 11) is 1.09. The summed E-state index contributed by atoms with van der Waals surface area (Å²) in [5, 5.41) is 5.44. The molecule has 710 valence electrons. The molecule has 136 heavy (non-hydrogen) atoms. The van der Waals surface area contributed by atoms with Gasteiger partial charge in [0.05, 0.1) is 131 Å². The number of amides is 3. The summed E-state index contributed by atoms with van der Waals surface area (Å²) in [6.07, 6.45) is -0.256. The maximum atomic E-state index is 16.1. The highest BCUT2D eigenvalue weighted by Crippen LogP contribution is 2.54. The summed E-state index contributed by atoms with van der Waals surface area (Å²) in [4.78, 5) is 131. The van der Waals surface area contributed by atoms with E-state index in [1.165, 1.54) is 55.7 Å². The van der Waals surface area contributed by atoms with Gasteiger partial charge in [-0.3, -0.25) is 57.8 Å². The van der Waals surface area contributed by atoms with Crippen LogP contribution in [0.2, 0.25) is 0 Å². The average Bonchev–Trinajstić information content (AvgIpc) is 1.52. The minimum absolute atomic E-state index is 0.0905. The Labute approximate surface area is 770 Å². The zero-order valence-electron chi connectivity index (χ0n) is 73.1. The lowest BCUT2D eigenvalue weighted by molar-refractivity contribution is -0.0213. The molecule has 6 aromatic carbocycles. The van der Waals surface area contributed by atoms with E-state index in [9.17, 15) is 47.5 Å². The summed E-state index contributed by atoms with van der Waals surface area (Å²) >= 11 is 0. The van der Waals surface area contributed by atoms with E-state index in [1.807, 2.05) is 97.5 Å². The molecule has 0 saturated carbocycles. The summed E-state index contributed by atoms with van der Waals surface area (Å²) < 4.78 is 175. The maximum absolute atomic E-state index is 16.1. The Morgan fingerprint density at radius 2 is 0.596 bits per heavy atom. The molecule has 14 aliphatic rings. The molecule has 0 radical (unpaired) electrons. The molecule has 41 heteroatoms. The number of para-hydroxylation sites is 3. The van der Waals surface area contributed by atoms with Crippen molar-refractivity contribution in [3.05, 3.63) is 279 Å². The number of nitrogens with zero attached hydrogens (tertiary/aromatic N) is 12. The van der Waals surface area contributed by atoms with E-state index < -0.39 is 172 Å². The van der Waals surface area contributed by atoms with Gasteiger partial charge in [-0.1, -0.05) is 72.8 Å². The zero-order valence-corrected chi connectivity index (χ0v) is 73.1. The van der Waals surface area contributed by atoms with Gasteiger partial charge >= 0.3 is 18.5 Å². The highest BCUT2D eigenvalue weighted by molar-refractivity contribution is 5.99. The minimum Gasteiger partial charge on any atom is -0.437 e. The minimum atomic E-state index is -1.16. The quantitative estimate of drug-likeness (QED) is 0.0776. The predicted molar refractivity (Wildman–Crippen MR) is 465 cm³/mol. The lowest BCUT2D eigenvalue weighted by atomic mass is 9.91. The fraction of sp³-hybridized carbons (Fsp3) is 0.400. The van der Waals surface area contributed by atoms with Crippen LogP contribution in [0.5, 0.6) is 17.2 Å². The topological polar surface area (TPSA) is 327 Å². The molecule has 3 aromatic heterocycles. The second-order valence-corrected chi connectivity index (χ2v) is 34.4. The van der Waals surface area contributed by atoms with Crippen molar-refractivity contribution in [1.29, 1.82) is 0 Å². The van der Waals surface area contributed by atoms with Crippen molar-refractivity contribution in [2.75, 3.05) is 182 Å². The molecule has 9 aromatic rings. The molecule has 35 nitrogen and oxygen atoms in total. The fourth-order valence-electron chi connectivity index (χ4n) is 21.2. The Bertz CT molecular complexity index is 6200. The first-order chi connectivity index (χ1) is 66.2. The number of carbonyl (C=O) groups is 6. The van der Waals surface area contributed by atoms with Gasteiger partial charge in [-0.25, -0.2) is 40.7 Å². The number of aromatic nitrogens is 3. The monoisotopic (exact) mass is 1880 g/mol. The van der Waals surface area contributed by atoms with Crippen molar-refractivity contribution in [2.24, 2.45) is 0 Å². The second kappa shape index (κ2) is 36.9. The van der Waals surface area contributed by atoms with Crippen LogP contribution in [0.1, 0.15) is 143 Å². The second-order valence-electron chi connectivity index (χ2n) is 34.4. The lowest BCUT2D eigenvalue weighted by Gasteiger charge is -2.51. The molecule has 0 bridgehead atoms. The van der Waals surface area contributed by atoms with Crippen molar-refractivity contribution in [3.63, 3.8) is 0 Å². The predicted octanol–water partition coefficient (Wildman–Crippen LogP) is 9.21. The number of benzene rings is 6. The zero-order chi connectivity index (χ0) is 93.6. The van der Waals surface area contributed by atoms with Gasteiger partial charge in [0.25, 0.3) is 17.7 Å². The van der Waals surface area contributed by atoms with Crippen LogP contribution < -0.4 is 60.2 Å². The highest BCUT2D eigenvalue weighted by Gasteiger charge is 2.54. The fourth-order valence-corrected chi connectivity index (χ4v) is 21.2. The van der Waals surface area contributed by atoms with Crippen LogP contribution in [0.4, 0.5) is 57.8 Å². The Balaban J connectivity index is 0.000000122.